The van der Waals surface area contributed by atoms with Crippen molar-refractivity contribution in [3.8, 4) is 0 Å². The molecule has 1 aliphatic rings. The number of carbonyl (C=O) groups is 2. The molecular weight excluding hydrogens is 535 g/mol. The average Bonchev–Trinajstić information content (AvgIpc) is 3.13. The Morgan fingerprint density at radius 3 is 2.40 bits per heavy atom. The van der Waals surface area contributed by atoms with Crippen molar-refractivity contribution in [3.05, 3.63) is 38.7 Å². The second-order valence-electron chi connectivity index (χ2n) is 8.66. The van der Waals surface area contributed by atoms with Crippen LogP contribution < -0.4 is 15.8 Å². The molecule has 1 aromatic heterocycles. The second-order valence-corrected chi connectivity index (χ2v) is 12.3. The first-order chi connectivity index (χ1) is 16.4. The van der Waals surface area contributed by atoms with Gasteiger partial charge in [-0.25, -0.2) is 18.1 Å². The molecule has 0 amide bonds. The maximum absolute atomic E-state index is 12.9. The van der Waals surface area contributed by atoms with Crippen LogP contribution in [0.25, 0.3) is 0 Å². The number of rotatable bonds is 10. The molecule has 1 fully saturated rings. The van der Waals surface area contributed by atoms with Crippen molar-refractivity contribution in [2.24, 2.45) is 5.92 Å². The van der Waals surface area contributed by atoms with Crippen molar-refractivity contribution in [3.63, 3.8) is 0 Å². The number of aromatic nitrogens is 1. The number of nitrogens with zero attached hydrogens (tertiary/aromatic N) is 1. The number of halogens is 2. The highest BCUT2D eigenvalue weighted by atomic mass is 35.5. The van der Waals surface area contributed by atoms with Gasteiger partial charge in [0.25, 0.3) is 0 Å². The van der Waals surface area contributed by atoms with Crippen LogP contribution in [0.2, 0.25) is 10.0 Å². The number of thiazole rings is 1. The Balaban J connectivity index is 1.53. The maximum atomic E-state index is 12.9. The Kier molecular flexibility index (Phi) is 9.39. The number of nitrogen functional groups attached to an aromatic ring is 1. The van der Waals surface area contributed by atoms with Gasteiger partial charge in [0.2, 0.25) is 15.8 Å². The van der Waals surface area contributed by atoms with Crippen LogP contribution in [-0.2, 0) is 19.6 Å². The summed E-state index contributed by atoms with van der Waals surface area (Å²) >= 11 is 13.5. The van der Waals surface area contributed by atoms with Gasteiger partial charge in [0.05, 0.1) is 28.0 Å². The summed E-state index contributed by atoms with van der Waals surface area (Å²) in [7, 11) is -3.50. The van der Waals surface area contributed by atoms with E-state index in [1.54, 1.807) is 25.1 Å². The lowest BCUT2D eigenvalue weighted by atomic mass is 9.92. The molecule has 13 heteroatoms. The monoisotopic (exact) mass is 562 g/mol. The van der Waals surface area contributed by atoms with Gasteiger partial charge in [-0.1, -0.05) is 47.5 Å². The number of carbonyl (C=O) groups excluding carboxylic acids is 2. The van der Waals surface area contributed by atoms with Crippen LogP contribution in [0.15, 0.2) is 18.2 Å². The van der Waals surface area contributed by atoms with E-state index in [-0.39, 0.29) is 62.4 Å². The standard InChI is InChI=1S/C22H28Cl2N4O5S2/c1-12(10-33-13(2)29)11-35(31,32)28-15-8-6-14(7-9-15)26-22-27-21(25)20(34-22)19(30)18-16(23)4-3-5-17(18)24/h3-5,12,14-15,28H,6-11,25H2,1-2H3,(H,26,27)/t12-,14-,15-/m1/s1. The normalized spacial score (nSPS) is 19.2. The number of anilines is 2. The number of hydrogen-bond acceptors (Lipinski definition) is 9. The molecule has 3 rings (SSSR count). The minimum Gasteiger partial charge on any atom is -0.466 e. The van der Waals surface area contributed by atoms with Crippen LogP contribution in [0.1, 0.15) is 54.8 Å². The van der Waals surface area contributed by atoms with Crippen molar-refractivity contribution in [2.45, 2.75) is 51.6 Å². The first-order valence-electron chi connectivity index (χ1n) is 11.1. The van der Waals surface area contributed by atoms with E-state index >= 15 is 0 Å². The zero-order valence-corrected chi connectivity index (χ0v) is 22.5. The van der Waals surface area contributed by atoms with Crippen LogP contribution in [-0.4, -0.2) is 49.6 Å². The van der Waals surface area contributed by atoms with Crippen molar-refractivity contribution in [2.75, 3.05) is 23.4 Å². The minimum absolute atomic E-state index is 0.0658. The van der Waals surface area contributed by atoms with Gasteiger partial charge in [0.15, 0.2) is 5.13 Å². The fourth-order valence-corrected chi connectivity index (χ4v) is 7.06. The molecule has 0 spiro atoms. The van der Waals surface area contributed by atoms with Gasteiger partial charge in [-0.2, -0.15) is 0 Å². The summed E-state index contributed by atoms with van der Waals surface area (Å²) in [5.74, 6) is -1.13. The number of hydrogen-bond donors (Lipinski definition) is 3. The topological polar surface area (TPSA) is 140 Å². The first kappa shape index (κ1) is 27.7. The lowest BCUT2D eigenvalue weighted by Gasteiger charge is -2.29. The van der Waals surface area contributed by atoms with E-state index in [0.29, 0.717) is 18.0 Å². The summed E-state index contributed by atoms with van der Waals surface area (Å²) in [5, 5.41) is 4.30. The third kappa shape index (κ3) is 7.78. The third-order valence-electron chi connectivity index (χ3n) is 5.53. The van der Waals surface area contributed by atoms with E-state index in [0.717, 1.165) is 24.2 Å². The van der Waals surface area contributed by atoms with E-state index in [1.165, 1.54) is 6.92 Å². The van der Waals surface area contributed by atoms with E-state index in [2.05, 4.69) is 15.0 Å². The molecule has 2 aromatic rings. The number of benzene rings is 1. The summed E-state index contributed by atoms with van der Waals surface area (Å²) in [6.45, 7) is 3.08. The zero-order chi connectivity index (χ0) is 25.8. The SMILES string of the molecule is CC(=O)OC[C@@H](C)CS(=O)(=O)N[C@H]1CC[C@H](Nc2nc(N)c(C(=O)c3c(Cl)cccc3Cl)s2)CC1. The Bertz CT molecular complexity index is 1160. The lowest BCUT2D eigenvalue weighted by molar-refractivity contribution is -0.141. The smallest absolute Gasteiger partial charge is 0.302 e. The van der Waals surface area contributed by atoms with Gasteiger partial charge in [-0.15, -0.1) is 0 Å². The predicted molar refractivity (Wildman–Crippen MR) is 139 cm³/mol. The molecule has 35 heavy (non-hydrogen) atoms. The van der Waals surface area contributed by atoms with Gasteiger partial charge >= 0.3 is 5.97 Å². The lowest BCUT2D eigenvalue weighted by Crippen LogP contribution is -2.42. The quantitative estimate of drug-likeness (QED) is 0.290. The number of sulfonamides is 1. The zero-order valence-electron chi connectivity index (χ0n) is 19.3. The van der Waals surface area contributed by atoms with Crippen LogP contribution in [0, 0.1) is 5.92 Å². The number of nitrogens with two attached hydrogens (primary N) is 1. The highest BCUT2D eigenvalue weighted by Gasteiger charge is 2.28. The molecule has 0 bridgehead atoms. The molecular formula is C22H28Cl2N4O5S2. The minimum atomic E-state index is -3.50. The Morgan fingerprint density at radius 2 is 1.80 bits per heavy atom. The van der Waals surface area contributed by atoms with Crippen LogP contribution >= 0.6 is 34.5 Å². The van der Waals surface area contributed by atoms with Crippen molar-refractivity contribution in [1.29, 1.82) is 0 Å². The molecule has 4 N–H and O–H groups in total. The fourth-order valence-electron chi connectivity index (χ4n) is 3.90. The summed E-state index contributed by atoms with van der Waals surface area (Å²) in [4.78, 5) is 28.4. The van der Waals surface area contributed by atoms with Gasteiger partial charge in [0, 0.05) is 24.9 Å². The Morgan fingerprint density at radius 1 is 1.20 bits per heavy atom. The van der Waals surface area contributed by atoms with Gasteiger partial charge in [0.1, 0.15) is 10.7 Å². The molecule has 1 heterocycles. The highest BCUT2D eigenvalue weighted by molar-refractivity contribution is 7.89. The van der Waals surface area contributed by atoms with Crippen LogP contribution in [0.3, 0.4) is 0 Å². The summed E-state index contributed by atoms with van der Waals surface area (Å²) in [5.41, 5.74) is 6.19. The molecule has 192 valence electrons. The molecule has 1 atom stereocenters. The van der Waals surface area contributed by atoms with Crippen molar-refractivity contribution in [1.82, 2.24) is 9.71 Å². The molecule has 9 nitrogen and oxygen atoms in total. The molecule has 1 saturated carbocycles. The van der Waals surface area contributed by atoms with Crippen molar-refractivity contribution >= 4 is 67.3 Å². The van der Waals surface area contributed by atoms with Gasteiger partial charge in [-0.3, -0.25) is 9.59 Å². The molecule has 0 unspecified atom stereocenters. The molecule has 0 radical (unpaired) electrons. The molecule has 0 saturated heterocycles. The van der Waals surface area contributed by atoms with E-state index in [4.69, 9.17) is 33.7 Å². The fraction of sp³-hybridized carbons (Fsp3) is 0.500. The summed E-state index contributed by atoms with van der Waals surface area (Å²) < 4.78 is 32.6. The first-order valence-corrected chi connectivity index (χ1v) is 14.3. The summed E-state index contributed by atoms with van der Waals surface area (Å²) in [6.07, 6.45) is 2.73. The molecule has 1 aliphatic carbocycles. The maximum Gasteiger partial charge on any atom is 0.302 e. The molecule has 0 aliphatic heterocycles. The average molecular weight is 564 g/mol. The Labute approximate surface area is 218 Å². The largest absolute Gasteiger partial charge is 0.466 e. The number of ether oxygens (including phenoxy) is 1. The summed E-state index contributed by atoms with van der Waals surface area (Å²) in [6, 6.07) is 4.73. The number of esters is 1. The predicted octanol–water partition coefficient (Wildman–Crippen LogP) is 4.10. The van der Waals surface area contributed by atoms with Gasteiger partial charge < -0.3 is 15.8 Å². The van der Waals surface area contributed by atoms with Gasteiger partial charge in [-0.05, 0) is 37.8 Å². The number of ketones is 1. The highest BCUT2D eigenvalue weighted by Crippen LogP contribution is 2.34. The molecule has 1 aromatic carbocycles. The van der Waals surface area contributed by atoms with E-state index in [1.807, 2.05) is 0 Å². The van der Waals surface area contributed by atoms with E-state index < -0.39 is 16.0 Å². The van der Waals surface area contributed by atoms with Crippen LogP contribution in [0.4, 0.5) is 10.9 Å². The Hall–Kier alpha value is -1.92. The second kappa shape index (κ2) is 11.9. The third-order valence-corrected chi connectivity index (χ3v) is 8.86. The van der Waals surface area contributed by atoms with E-state index in [9.17, 15) is 18.0 Å². The van der Waals surface area contributed by atoms with Crippen LogP contribution in [0.5, 0.6) is 0 Å². The van der Waals surface area contributed by atoms with Crippen molar-refractivity contribution < 1.29 is 22.7 Å². The number of nitrogens with one attached hydrogen (secondary N) is 2.